The molecule has 2 aliphatic rings. The number of halogens is 2. The minimum absolute atomic E-state index is 0.666. The van der Waals surface area contributed by atoms with Crippen LogP contribution in [0.15, 0.2) is 0 Å². The molecule has 0 amide bonds. The van der Waals surface area contributed by atoms with Crippen LogP contribution in [0.3, 0.4) is 0 Å². The number of phosphoric acid groups is 2. The molecule has 4 N–H and O–H groups in total. The summed E-state index contributed by atoms with van der Waals surface area (Å²) >= 11 is 0. The minimum Gasteiger partial charge on any atom is -0.394 e. The molecule has 0 aromatic rings. The summed E-state index contributed by atoms with van der Waals surface area (Å²) in [6.45, 7) is -1.49. The zero-order valence-electron chi connectivity index (χ0n) is 14.3. The van der Waals surface area contributed by atoms with Crippen molar-refractivity contribution in [3.05, 3.63) is 0 Å². The molecule has 0 radical (unpaired) electrons. The molecule has 2 fully saturated rings. The summed E-state index contributed by atoms with van der Waals surface area (Å²) in [6, 6.07) is -2.10. The molecule has 9 atom stereocenters. The molecule has 2 aliphatic heterocycles. The lowest BCUT2D eigenvalue weighted by atomic mass is 9.94. The Labute approximate surface area is 154 Å². The van der Waals surface area contributed by atoms with E-state index in [1.54, 1.807) is 0 Å². The maximum atomic E-state index is 14.0. The molecule has 2 heterocycles. The normalized spacial score (nSPS) is 42.3. The number of rotatable bonds is 8. The van der Waals surface area contributed by atoms with E-state index < -0.39 is 77.6 Å². The minimum atomic E-state index is -5.06. The second-order valence-electron chi connectivity index (χ2n) is 6.23. The first kappa shape index (κ1) is 23.4. The van der Waals surface area contributed by atoms with E-state index in [-0.39, 0.29) is 0 Å². The average molecular weight is 438 g/mol. The van der Waals surface area contributed by atoms with E-state index in [4.69, 9.17) is 28.9 Å². The van der Waals surface area contributed by atoms with Gasteiger partial charge in [0.25, 0.3) is 0 Å². The van der Waals surface area contributed by atoms with E-state index in [0.29, 0.717) is 0 Å². The fourth-order valence-corrected chi connectivity index (χ4v) is 4.37. The van der Waals surface area contributed by atoms with Gasteiger partial charge in [0.1, 0.15) is 52.5 Å². The topological polar surface area (TPSA) is 161 Å². The molecule has 2 saturated heterocycles. The summed E-state index contributed by atoms with van der Waals surface area (Å²) in [5.74, 6) is 0. The van der Waals surface area contributed by atoms with Crippen molar-refractivity contribution in [3.8, 4) is 0 Å². The van der Waals surface area contributed by atoms with Gasteiger partial charge in [0.05, 0.1) is 25.2 Å². The van der Waals surface area contributed by atoms with Gasteiger partial charge in [-0.05, 0) is 0 Å². The molecule has 5 unspecified atom stereocenters. The number of aliphatic hydroxyl groups is 1. The SMILES string of the molecule is B[C@@H]1OC(COP(=O)(O)O[C@H]2C(CO)O[C@@H](B)C2F)[C@H](OP(=O)(O)O)C1F. The smallest absolute Gasteiger partial charge is 0.394 e. The van der Waals surface area contributed by atoms with Crippen LogP contribution >= 0.6 is 15.6 Å². The van der Waals surface area contributed by atoms with Gasteiger partial charge >= 0.3 is 15.6 Å². The lowest BCUT2D eigenvalue weighted by Crippen LogP contribution is -2.35. The van der Waals surface area contributed by atoms with Gasteiger partial charge in [0, 0.05) is 0 Å². The molecule has 17 heteroatoms. The Morgan fingerprint density at radius 1 is 0.926 bits per heavy atom. The first-order valence-electron chi connectivity index (χ1n) is 7.94. The van der Waals surface area contributed by atoms with Gasteiger partial charge in [-0.3, -0.25) is 13.6 Å². The van der Waals surface area contributed by atoms with Crippen molar-refractivity contribution in [2.45, 2.75) is 48.8 Å². The van der Waals surface area contributed by atoms with Crippen LogP contribution in [0, 0.1) is 0 Å². The van der Waals surface area contributed by atoms with Crippen molar-refractivity contribution in [1.82, 2.24) is 0 Å². The van der Waals surface area contributed by atoms with Crippen LogP contribution in [-0.2, 0) is 32.2 Å². The molecule has 0 bridgehead atoms. The predicted octanol–water partition coefficient (Wildman–Crippen LogP) is -2.65. The van der Waals surface area contributed by atoms with Crippen LogP contribution in [0.2, 0.25) is 0 Å². The molecule has 0 aliphatic carbocycles. The zero-order valence-corrected chi connectivity index (χ0v) is 16.1. The second-order valence-corrected chi connectivity index (χ2v) is 8.82. The van der Waals surface area contributed by atoms with Crippen molar-refractivity contribution >= 4 is 31.3 Å². The number of hydrogen-bond acceptors (Lipinski definition) is 8. The van der Waals surface area contributed by atoms with Crippen molar-refractivity contribution < 1.29 is 60.7 Å². The Kier molecular flexibility index (Phi) is 7.66. The average Bonchev–Trinajstić information content (AvgIpc) is 2.96. The van der Waals surface area contributed by atoms with Crippen LogP contribution in [0.1, 0.15) is 0 Å². The number of aliphatic hydroxyl groups excluding tert-OH is 1. The third-order valence-electron chi connectivity index (χ3n) is 4.13. The summed E-state index contributed by atoms with van der Waals surface area (Å²) in [5, 5.41) is 9.14. The summed E-state index contributed by atoms with van der Waals surface area (Å²) in [5.41, 5.74) is 0. The van der Waals surface area contributed by atoms with E-state index in [9.17, 15) is 22.8 Å². The van der Waals surface area contributed by atoms with Crippen molar-refractivity contribution in [1.29, 1.82) is 0 Å². The maximum absolute atomic E-state index is 14.0. The quantitative estimate of drug-likeness (QED) is 0.232. The van der Waals surface area contributed by atoms with Gasteiger partial charge in [-0.25, -0.2) is 17.9 Å². The van der Waals surface area contributed by atoms with E-state index >= 15 is 0 Å². The third kappa shape index (κ3) is 6.03. The summed E-state index contributed by atoms with van der Waals surface area (Å²) in [7, 11) is -7.36. The number of phosphoric ester groups is 2. The number of hydrogen-bond donors (Lipinski definition) is 4. The van der Waals surface area contributed by atoms with Gasteiger partial charge in [-0.1, -0.05) is 0 Å². The summed E-state index contributed by atoms with van der Waals surface area (Å²) in [6.07, 6.45) is -9.70. The van der Waals surface area contributed by atoms with Gasteiger partial charge in [-0.15, -0.1) is 0 Å². The molecular weight excluding hydrogens is 418 g/mol. The van der Waals surface area contributed by atoms with Gasteiger partial charge in [-0.2, -0.15) is 0 Å². The molecule has 0 spiro atoms. The van der Waals surface area contributed by atoms with Crippen LogP contribution in [0.25, 0.3) is 0 Å². The Morgan fingerprint density at radius 3 is 1.89 bits per heavy atom. The van der Waals surface area contributed by atoms with E-state index in [1.165, 1.54) is 15.7 Å². The number of ether oxygens (including phenoxy) is 2. The first-order chi connectivity index (χ1) is 12.3. The zero-order chi connectivity index (χ0) is 20.6. The Balaban J connectivity index is 1.99. The van der Waals surface area contributed by atoms with Gasteiger partial charge < -0.3 is 29.3 Å². The summed E-state index contributed by atoms with van der Waals surface area (Å²) < 4.78 is 74.8. The predicted molar refractivity (Wildman–Crippen MR) is 88.9 cm³/mol. The standard InChI is InChI=1S/C10H20B2F2O11P2/c11-9-5(13)7(3(1-15)22-9)25-27(19,20)21-2-4-8(24-26(16,17)18)6(14)10(12)23-4/h3-10,15H,1-2,11-12H2,(H,19,20)(H2,16,17,18)/t3?,4?,5?,6?,7-,8-,9+,10+/m0/s1. The van der Waals surface area contributed by atoms with E-state index in [0.717, 1.165) is 0 Å². The van der Waals surface area contributed by atoms with Crippen LogP contribution < -0.4 is 0 Å². The molecular formula is C10H20B2F2O11P2. The molecule has 0 saturated carbocycles. The second kappa shape index (κ2) is 8.85. The lowest BCUT2D eigenvalue weighted by molar-refractivity contribution is -0.0276. The van der Waals surface area contributed by atoms with Gasteiger partial charge in [0.15, 0.2) is 0 Å². The van der Waals surface area contributed by atoms with Crippen LogP contribution in [0.5, 0.6) is 0 Å². The van der Waals surface area contributed by atoms with Crippen molar-refractivity contribution in [2.24, 2.45) is 0 Å². The summed E-state index contributed by atoms with van der Waals surface area (Å²) in [4.78, 5) is 27.5. The Hall–Kier alpha value is 0.0899. The first-order valence-corrected chi connectivity index (χ1v) is 11.0. The Morgan fingerprint density at radius 2 is 1.41 bits per heavy atom. The molecule has 0 aromatic heterocycles. The largest absolute Gasteiger partial charge is 0.472 e. The highest BCUT2D eigenvalue weighted by molar-refractivity contribution is 7.47. The Bertz CT molecular complexity index is 612. The molecule has 156 valence electrons. The lowest BCUT2D eigenvalue weighted by Gasteiger charge is -2.24. The third-order valence-corrected chi connectivity index (χ3v) is 5.64. The van der Waals surface area contributed by atoms with E-state index in [1.807, 2.05) is 0 Å². The monoisotopic (exact) mass is 438 g/mol. The molecule has 27 heavy (non-hydrogen) atoms. The fraction of sp³-hybridized carbons (Fsp3) is 1.00. The molecule has 0 aromatic carbocycles. The highest BCUT2D eigenvalue weighted by Crippen LogP contribution is 2.49. The highest BCUT2D eigenvalue weighted by Gasteiger charge is 2.49. The maximum Gasteiger partial charge on any atom is 0.472 e. The van der Waals surface area contributed by atoms with Gasteiger partial charge in [0.2, 0.25) is 0 Å². The van der Waals surface area contributed by atoms with Crippen molar-refractivity contribution in [2.75, 3.05) is 13.2 Å². The molecule has 2 rings (SSSR count). The van der Waals surface area contributed by atoms with Crippen molar-refractivity contribution in [3.63, 3.8) is 0 Å². The number of alkyl halides is 2. The van der Waals surface area contributed by atoms with Crippen LogP contribution in [-0.4, -0.2) is 97.5 Å². The molecule has 11 nitrogen and oxygen atoms in total. The van der Waals surface area contributed by atoms with Crippen LogP contribution in [0.4, 0.5) is 8.78 Å². The highest BCUT2D eigenvalue weighted by atomic mass is 31.2. The van der Waals surface area contributed by atoms with E-state index in [2.05, 4.69) is 9.05 Å². The fourth-order valence-electron chi connectivity index (χ4n) is 2.84.